The largest absolute Gasteiger partial charge is 0.493 e. The number of halogens is 3. The van der Waals surface area contributed by atoms with Gasteiger partial charge in [0, 0.05) is 33.2 Å². The quantitative estimate of drug-likeness (QED) is 0.567. The van der Waals surface area contributed by atoms with Crippen molar-refractivity contribution in [1.82, 2.24) is 19.4 Å². The van der Waals surface area contributed by atoms with Crippen LogP contribution in [0.15, 0.2) is 9.59 Å². The smallest absolute Gasteiger partial charge is 0.327 e. The Hall–Kier alpha value is -3.49. The van der Waals surface area contributed by atoms with Crippen LogP contribution >= 0.6 is 0 Å². The molecule has 11 nitrogen and oxygen atoms in total. The second-order valence-electron chi connectivity index (χ2n) is 6.95. The summed E-state index contributed by atoms with van der Waals surface area (Å²) >= 11 is 0. The van der Waals surface area contributed by atoms with Crippen LogP contribution in [0.2, 0.25) is 0 Å². The molecule has 172 valence electrons. The van der Waals surface area contributed by atoms with Gasteiger partial charge in [0.2, 0.25) is 0 Å². The molecule has 0 bridgehead atoms. The van der Waals surface area contributed by atoms with E-state index in [-0.39, 0.29) is 12.2 Å². The first-order chi connectivity index (χ1) is 15.1. The molecule has 0 saturated carbocycles. The number of hydrogen-bond donors (Lipinski definition) is 1. The number of nitrogens with one attached hydrogen (secondary N) is 1. The molecule has 1 saturated heterocycles. The third-order valence-electron chi connectivity index (χ3n) is 5.02. The predicted octanol–water partition coefficient (Wildman–Crippen LogP) is -1.07. The van der Waals surface area contributed by atoms with Gasteiger partial charge in [-0.05, 0) is 6.92 Å². The van der Waals surface area contributed by atoms with E-state index in [1.165, 1.54) is 11.9 Å². The summed E-state index contributed by atoms with van der Waals surface area (Å²) in [6.07, 6.45) is -6.51. The van der Waals surface area contributed by atoms with E-state index in [1.54, 1.807) is 17.9 Å². The molecule has 3 rings (SSSR count). The Morgan fingerprint density at radius 2 is 1.91 bits per heavy atom. The summed E-state index contributed by atoms with van der Waals surface area (Å²) in [5, 5.41) is 12.9. The lowest BCUT2D eigenvalue weighted by Crippen LogP contribution is -2.61. The average Bonchev–Trinajstić information content (AvgIpc) is 3.07. The van der Waals surface area contributed by atoms with E-state index in [9.17, 15) is 32.8 Å². The van der Waals surface area contributed by atoms with Gasteiger partial charge in [0.05, 0.1) is 12.6 Å². The Kier molecular flexibility index (Phi) is 6.47. The fourth-order valence-corrected chi connectivity index (χ4v) is 3.60. The van der Waals surface area contributed by atoms with Crippen molar-refractivity contribution in [2.24, 2.45) is 7.05 Å². The lowest BCUT2D eigenvalue weighted by Gasteiger charge is -2.40. The van der Waals surface area contributed by atoms with Gasteiger partial charge in [-0.15, -0.1) is 11.0 Å². The van der Waals surface area contributed by atoms with Crippen LogP contribution in [0.5, 0.6) is 0 Å². The van der Waals surface area contributed by atoms with Crippen LogP contribution in [0.3, 0.4) is 0 Å². The van der Waals surface area contributed by atoms with Gasteiger partial charge in [0.15, 0.2) is 17.8 Å². The van der Waals surface area contributed by atoms with Gasteiger partial charge < -0.3 is 15.1 Å². The highest BCUT2D eigenvalue weighted by Gasteiger charge is 2.50. The lowest BCUT2D eigenvalue weighted by atomic mass is 10.3. The molecule has 1 aromatic heterocycles. The van der Waals surface area contributed by atoms with E-state index in [0.29, 0.717) is 31.2 Å². The zero-order valence-electron chi connectivity index (χ0n) is 17.3. The Bertz CT molecular complexity index is 1120. The molecule has 0 aliphatic carbocycles. The van der Waals surface area contributed by atoms with Crippen molar-refractivity contribution in [2.45, 2.75) is 25.9 Å². The van der Waals surface area contributed by atoms with Gasteiger partial charge in [-0.3, -0.25) is 18.8 Å². The van der Waals surface area contributed by atoms with Gasteiger partial charge in [-0.25, -0.2) is 9.59 Å². The Labute approximate surface area is 180 Å². The second-order valence-corrected chi connectivity index (χ2v) is 6.95. The molecule has 1 unspecified atom stereocenters. The molecule has 1 N–H and O–H groups in total. The van der Waals surface area contributed by atoms with Crippen molar-refractivity contribution in [2.75, 3.05) is 42.7 Å². The monoisotopic (exact) mass is 455 g/mol. The summed E-state index contributed by atoms with van der Waals surface area (Å²) in [5.41, 5.74) is -1.95. The van der Waals surface area contributed by atoms with E-state index in [4.69, 9.17) is 4.84 Å². The predicted molar refractivity (Wildman–Crippen MR) is 105 cm³/mol. The van der Waals surface area contributed by atoms with Crippen molar-refractivity contribution in [3.05, 3.63) is 20.8 Å². The van der Waals surface area contributed by atoms with Crippen LogP contribution in [0.4, 0.5) is 24.7 Å². The number of fused-ring (bicyclic) bond motifs is 1. The van der Waals surface area contributed by atoms with Crippen molar-refractivity contribution >= 4 is 17.5 Å². The van der Waals surface area contributed by atoms with E-state index in [0.717, 1.165) is 9.13 Å². The molecular formula is C18H20F3N7O4. The first-order valence-corrected chi connectivity index (χ1v) is 9.53. The number of piperazine rings is 1. The van der Waals surface area contributed by atoms with Gasteiger partial charge >= 0.3 is 17.8 Å². The molecule has 0 radical (unpaired) electrons. The number of anilines is 2. The van der Waals surface area contributed by atoms with Gasteiger partial charge in [0.1, 0.15) is 6.54 Å². The maximum Gasteiger partial charge on any atom is 0.493 e. The lowest BCUT2D eigenvalue weighted by molar-refractivity contribution is -0.203. The molecule has 1 atom stereocenters. The SMILES string of the molecule is CC#CCN1c2c(n(CC#N)c(=O)n(C)c2=O)N(OC(=O)C(F)(F)F)C1N1CCNCC1. The number of alkyl halides is 3. The number of carbonyl (C=O) groups is 1. The van der Waals surface area contributed by atoms with Crippen molar-refractivity contribution in [3.63, 3.8) is 0 Å². The third kappa shape index (κ3) is 4.02. The van der Waals surface area contributed by atoms with E-state index in [1.807, 2.05) is 0 Å². The Balaban J connectivity index is 2.29. The van der Waals surface area contributed by atoms with E-state index >= 15 is 0 Å². The van der Waals surface area contributed by atoms with E-state index in [2.05, 4.69) is 17.2 Å². The maximum absolute atomic E-state index is 13.1. The Morgan fingerprint density at radius 3 is 2.47 bits per heavy atom. The molecule has 2 aliphatic heterocycles. The molecule has 32 heavy (non-hydrogen) atoms. The fourth-order valence-electron chi connectivity index (χ4n) is 3.60. The molecule has 0 amide bonds. The molecular weight excluding hydrogens is 435 g/mol. The molecule has 14 heteroatoms. The summed E-state index contributed by atoms with van der Waals surface area (Å²) in [6.45, 7) is 2.53. The van der Waals surface area contributed by atoms with Crippen LogP contribution in [0.1, 0.15) is 6.92 Å². The second kappa shape index (κ2) is 8.94. The summed E-state index contributed by atoms with van der Waals surface area (Å²) in [4.78, 5) is 45.3. The average molecular weight is 455 g/mol. The van der Waals surface area contributed by atoms with Crippen LogP contribution in [0, 0.1) is 23.2 Å². The summed E-state index contributed by atoms with van der Waals surface area (Å²) in [5.74, 6) is 2.49. The number of rotatable bonds is 4. The molecule has 0 spiro atoms. The summed E-state index contributed by atoms with van der Waals surface area (Å²) in [7, 11) is 1.19. The summed E-state index contributed by atoms with van der Waals surface area (Å²) < 4.78 is 40.8. The zero-order chi connectivity index (χ0) is 23.6. The number of hydroxylamine groups is 1. The molecule has 2 aliphatic rings. The van der Waals surface area contributed by atoms with Crippen LogP contribution in [-0.2, 0) is 23.2 Å². The first-order valence-electron chi connectivity index (χ1n) is 9.53. The maximum atomic E-state index is 13.1. The molecule has 1 aromatic rings. The van der Waals surface area contributed by atoms with Crippen molar-refractivity contribution in [3.8, 4) is 17.9 Å². The Morgan fingerprint density at radius 1 is 1.25 bits per heavy atom. The van der Waals surface area contributed by atoms with Crippen LogP contribution < -0.4 is 26.5 Å². The number of nitriles is 1. The van der Waals surface area contributed by atoms with Crippen LogP contribution in [-0.4, -0.2) is 65.2 Å². The highest BCUT2D eigenvalue weighted by molar-refractivity contribution is 5.80. The van der Waals surface area contributed by atoms with Crippen LogP contribution in [0.25, 0.3) is 0 Å². The highest BCUT2D eigenvalue weighted by atomic mass is 19.4. The zero-order valence-corrected chi connectivity index (χ0v) is 17.3. The number of nitrogens with zero attached hydrogens (tertiary/aromatic N) is 6. The van der Waals surface area contributed by atoms with E-state index < -0.39 is 42.0 Å². The standard InChI is InChI=1S/C18H20F3N7O4/c1-3-4-8-26-12-13(27(9-5-22)17(31)24(2)14(12)29)28(32-15(30)18(19,20)21)16(26)25-10-6-23-7-11-25/h16,23H,6-11H2,1-2H3. The minimum Gasteiger partial charge on any atom is -0.327 e. The first kappa shape index (κ1) is 23.2. The van der Waals surface area contributed by atoms with Crippen molar-refractivity contribution < 1.29 is 22.8 Å². The fraction of sp³-hybridized carbons (Fsp3) is 0.556. The number of hydrogen-bond acceptors (Lipinski definition) is 9. The van der Waals surface area contributed by atoms with Crippen molar-refractivity contribution in [1.29, 1.82) is 5.26 Å². The minimum absolute atomic E-state index is 0.0990. The summed E-state index contributed by atoms with van der Waals surface area (Å²) in [6, 6.07) is 1.75. The topological polar surface area (TPSA) is 116 Å². The normalized spacial score (nSPS) is 18.6. The highest BCUT2D eigenvalue weighted by Crippen LogP contribution is 2.38. The number of aromatic nitrogens is 2. The van der Waals surface area contributed by atoms with Gasteiger partial charge in [0.25, 0.3) is 5.56 Å². The molecule has 1 fully saturated rings. The number of carbonyl (C=O) groups excluding carboxylic acids is 1. The van der Waals surface area contributed by atoms with Gasteiger partial charge in [-0.2, -0.15) is 18.4 Å². The minimum atomic E-state index is -5.33. The van der Waals surface area contributed by atoms with Gasteiger partial charge in [-0.1, -0.05) is 5.92 Å². The molecule has 3 heterocycles. The third-order valence-corrected chi connectivity index (χ3v) is 5.02. The molecule has 0 aromatic carbocycles.